The van der Waals surface area contributed by atoms with E-state index < -0.39 is 10.9 Å². The van der Waals surface area contributed by atoms with Gasteiger partial charge >= 0.3 is 0 Å². The summed E-state index contributed by atoms with van der Waals surface area (Å²) in [5.74, 6) is -0.342. The lowest BCUT2D eigenvalue weighted by Crippen LogP contribution is -2.20. The summed E-state index contributed by atoms with van der Waals surface area (Å²) in [5, 5.41) is 20.9. The molecule has 16 heavy (non-hydrogen) atoms. The smallest absolute Gasteiger partial charge is 0.226 e. The maximum absolute atomic E-state index is 11.2. The zero-order valence-electron chi connectivity index (χ0n) is 8.02. The molecule has 0 spiro atoms. The fraction of sp³-hybridized carbons (Fsp3) is 0. The summed E-state index contributed by atoms with van der Waals surface area (Å²) < 4.78 is 0. The average Bonchev–Trinajstić information content (AvgIpc) is 2.28. The molecule has 0 aromatic heterocycles. The van der Waals surface area contributed by atoms with Gasteiger partial charge in [-0.05, 0) is 35.0 Å². The van der Waals surface area contributed by atoms with Crippen molar-refractivity contribution >= 4 is 21.5 Å². The monoisotopic (exact) mass is 214 g/mol. The van der Waals surface area contributed by atoms with Gasteiger partial charge in [0, 0.05) is 10.8 Å². The standard InChI is InChI=1S/C12H6O4/c13-9-3-5-1-7-8(12(16)11(7)15)2-6(5)4-10(9)14/h1-4,15-16H. The molecule has 0 heterocycles. The molecule has 4 heteroatoms. The maximum atomic E-state index is 11.2. The van der Waals surface area contributed by atoms with Crippen molar-refractivity contribution in [3.63, 3.8) is 0 Å². The fourth-order valence-corrected chi connectivity index (χ4v) is 1.89. The van der Waals surface area contributed by atoms with Crippen LogP contribution in [0.4, 0.5) is 0 Å². The van der Waals surface area contributed by atoms with Gasteiger partial charge in [0.05, 0.1) is 0 Å². The lowest BCUT2D eigenvalue weighted by atomic mass is 9.98. The minimum Gasteiger partial charge on any atom is -0.504 e. The number of hydrogen-bond donors (Lipinski definition) is 2. The average molecular weight is 214 g/mol. The molecule has 0 fully saturated rings. The Balaban J connectivity index is 2.53. The quantitative estimate of drug-likeness (QED) is 0.547. The Hall–Kier alpha value is -2.36. The Morgan fingerprint density at radius 3 is 1.44 bits per heavy atom. The van der Waals surface area contributed by atoms with Crippen LogP contribution in [0.2, 0.25) is 0 Å². The van der Waals surface area contributed by atoms with Gasteiger partial charge in [0.2, 0.25) is 10.9 Å². The number of rotatable bonds is 0. The van der Waals surface area contributed by atoms with E-state index in [1.807, 2.05) is 0 Å². The van der Waals surface area contributed by atoms with Crippen LogP contribution in [0.1, 0.15) is 0 Å². The Labute approximate surface area is 88.7 Å². The van der Waals surface area contributed by atoms with Gasteiger partial charge < -0.3 is 10.2 Å². The molecule has 0 aliphatic rings. The third kappa shape index (κ3) is 0.930. The van der Waals surface area contributed by atoms with Crippen molar-refractivity contribution in [1.29, 1.82) is 0 Å². The third-order valence-corrected chi connectivity index (χ3v) is 2.77. The highest BCUT2D eigenvalue weighted by Gasteiger charge is 2.16. The van der Waals surface area contributed by atoms with E-state index in [9.17, 15) is 19.8 Å². The van der Waals surface area contributed by atoms with Gasteiger partial charge in [-0.25, -0.2) is 0 Å². The van der Waals surface area contributed by atoms with Gasteiger partial charge in [-0.2, -0.15) is 0 Å². The Morgan fingerprint density at radius 2 is 1.06 bits per heavy atom. The first-order valence-electron chi connectivity index (χ1n) is 4.66. The van der Waals surface area contributed by atoms with E-state index >= 15 is 0 Å². The number of fused-ring (bicyclic) bond motifs is 2. The summed E-state index contributed by atoms with van der Waals surface area (Å²) in [6.45, 7) is 0. The highest BCUT2D eigenvalue weighted by atomic mass is 16.3. The van der Waals surface area contributed by atoms with Crippen LogP contribution in [0.25, 0.3) is 21.5 Å². The van der Waals surface area contributed by atoms with Gasteiger partial charge in [-0.1, -0.05) is 0 Å². The predicted octanol–water partition coefficient (Wildman–Crippen LogP) is 1.00. The highest BCUT2D eigenvalue weighted by molar-refractivity contribution is 6.10. The molecule has 0 aliphatic heterocycles. The molecule has 2 N–H and O–H groups in total. The lowest BCUT2D eigenvalue weighted by molar-refractivity contribution is 0.407. The first-order chi connectivity index (χ1) is 7.58. The van der Waals surface area contributed by atoms with Gasteiger partial charge in [0.1, 0.15) is 0 Å². The van der Waals surface area contributed by atoms with Crippen molar-refractivity contribution in [3.05, 3.63) is 44.7 Å². The summed E-state index contributed by atoms with van der Waals surface area (Å²) in [6.07, 6.45) is 0. The number of hydrogen-bond acceptors (Lipinski definition) is 4. The molecule has 0 radical (unpaired) electrons. The van der Waals surface area contributed by atoms with Crippen molar-refractivity contribution in [3.8, 4) is 11.5 Å². The van der Waals surface area contributed by atoms with Crippen molar-refractivity contribution in [1.82, 2.24) is 0 Å². The summed E-state index contributed by atoms with van der Waals surface area (Å²) in [7, 11) is 0. The zero-order valence-corrected chi connectivity index (χ0v) is 8.02. The van der Waals surface area contributed by atoms with Crippen LogP contribution in [0.3, 0.4) is 0 Å². The second kappa shape index (κ2) is 2.61. The Bertz CT molecular complexity index is 738. The Kier molecular flexibility index (Phi) is 1.45. The minimum atomic E-state index is -0.570. The normalized spacial score (nSPS) is 11.5. The van der Waals surface area contributed by atoms with Crippen LogP contribution in [-0.4, -0.2) is 10.2 Å². The van der Waals surface area contributed by atoms with Gasteiger partial charge in [-0.3, -0.25) is 9.59 Å². The molecule has 0 amide bonds. The minimum absolute atomic E-state index is 0.171. The van der Waals surface area contributed by atoms with E-state index in [-0.39, 0.29) is 11.5 Å². The molecule has 0 atom stereocenters. The van der Waals surface area contributed by atoms with Crippen molar-refractivity contribution in [2.75, 3.05) is 0 Å². The van der Waals surface area contributed by atoms with E-state index in [2.05, 4.69) is 0 Å². The SMILES string of the molecule is O=c1cc2cc3c(O)c(O)c3cc2cc1=O. The molecular formula is C12H6O4. The molecular weight excluding hydrogens is 208 g/mol. The molecule has 78 valence electrons. The van der Waals surface area contributed by atoms with E-state index in [0.29, 0.717) is 21.5 Å². The second-order valence-electron chi connectivity index (χ2n) is 3.74. The lowest BCUT2D eigenvalue weighted by Gasteiger charge is -2.11. The van der Waals surface area contributed by atoms with Crippen LogP contribution in [0.5, 0.6) is 11.5 Å². The summed E-state index contributed by atoms with van der Waals surface area (Å²) in [4.78, 5) is 22.3. The van der Waals surface area contributed by atoms with Gasteiger partial charge in [0.15, 0.2) is 11.5 Å². The second-order valence-corrected chi connectivity index (χ2v) is 3.74. The van der Waals surface area contributed by atoms with Crippen LogP contribution in [0.15, 0.2) is 33.9 Å². The molecule has 0 bridgehead atoms. The molecule has 3 aromatic carbocycles. The van der Waals surface area contributed by atoms with Crippen LogP contribution >= 0.6 is 0 Å². The van der Waals surface area contributed by atoms with Gasteiger partial charge in [0.25, 0.3) is 0 Å². The van der Waals surface area contributed by atoms with Crippen molar-refractivity contribution in [2.24, 2.45) is 0 Å². The topological polar surface area (TPSA) is 74.6 Å². The fourth-order valence-electron chi connectivity index (χ4n) is 1.89. The number of benzene rings is 2. The van der Waals surface area contributed by atoms with E-state index in [1.165, 1.54) is 12.1 Å². The highest BCUT2D eigenvalue weighted by Crippen LogP contribution is 2.45. The molecule has 0 saturated heterocycles. The van der Waals surface area contributed by atoms with Crippen molar-refractivity contribution in [2.45, 2.75) is 0 Å². The zero-order chi connectivity index (χ0) is 11.4. The molecule has 0 unspecified atom stereocenters. The summed E-state index contributed by atoms with van der Waals surface area (Å²) >= 11 is 0. The van der Waals surface area contributed by atoms with Crippen molar-refractivity contribution < 1.29 is 10.2 Å². The predicted molar refractivity (Wildman–Crippen MR) is 59.7 cm³/mol. The summed E-state index contributed by atoms with van der Waals surface area (Å²) in [6, 6.07) is 5.64. The third-order valence-electron chi connectivity index (χ3n) is 2.77. The van der Waals surface area contributed by atoms with Crippen LogP contribution < -0.4 is 10.9 Å². The molecule has 3 rings (SSSR count). The van der Waals surface area contributed by atoms with Crippen LogP contribution in [-0.2, 0) is 0 Å². The van der Waals surface area contributed by atoms with E-state index in [4.69, 9.17) is 0 Å². The van der Waals surface area contributed by atoms with E-state index in [0.717, 1.165) is 0 Å². The molecule has 3 aromatic rings. The first kappa shape index (κ1) is 8.91. The molecule has 4 nitrogen and oxygen atoms in total. The summed E-state index contributed by atoms with van der Waals surface area (Å²) in [5.41, 5.74) is -1.14. The largest absolute Gasteiger partial charge is 0.504 e. The van der Waals surface area contributed by atoms with Gasteiger partial charge in [-0.15, -0.1) is 0 Å². The number of aromatic hydroxyl groups is 2. The Morgan fingerprint density at radius 1 is 0.688 bits per heavy atom. The van der Waals surface area contributed by atoms with E-state index in [1.54, 1.807) is 12.1 Å². The van der Waals surface area contributed by atoms with Crippen LogP contribution in [0, 0.1) is 0 Å². The molecule has 0 aliphatic carbocycles. The maximum Gasteiger partial charge on any atom is 0.226 e. The molecule has 0 saturated carbocycles. The first-order valence-corrected chi connectivity index (χ1v) is 4.66.